The predicted octanol–water partition coefficient (Wildman–Crippen LogP) is 0.768. The molecule has 0 aromatic rings. The van der Waals surface area contributed by atoms with Gasteiger partial charge in [0.05, 0.1) is 5.71 Å². The number of carboxylic acids is 1. The number of carbonyl (C=O) groups is 1. The Morgan fingerprint density at radius 2 is 2.33 bits per heavy atom. The lowest BCUT2D eigenvalue weighted by Gasteiger charge is -2.03. The van der Waals surface area contributed by atoms with Gasteiger partial charge in [-0.05, 0) is 0 Å². The van der Waals surface area contributed by atoms with Crippen LogP contribution in [0.1, 0.15) is 6.42 Å². The molecule has 1 N–H and O–H groups in total. The van der Waals surface area contributed by atoms with E-state index in [1.807, 2.05) is 12.2 Å². The lowest BCUT2D eigenvalue weighted by Crippen LogP contribution is -2.17. The third kappa shape index (κ3) is 0.887. The normalized spacial score (nSPS) is 19.5. The maximum Gasteiger partial charge on any atom is 0.357 e. The topological polar surface area (TPSA) is 62.0 Å². The van der Waals surface area contributed by atoms with Crippen LogP contribution < -0.4 is 0 Å². The number of carboxylic acid groups (broad SMARTS) is 1. The predicted molar refractivity (Wildman–Crippen MR) is 44.3 cm³/mol. The van der Waals surface area contributed by atoms with Gasteiger partial charge in [-0.25, -0.2) is 4.79 Å². The molecule has 60 valence electrons. The molecule has 4 heteroatoms. The van der Waals surface area contributed by atoms with Gasteiger partial charge in [-0.2, -0.15) is 5.10 Å². The van der Waals surface area contributed by atoms with Crippen molar-refractivity contribution in [2.45, 2.75) is 6.42 Å². The Hall–Kier alpha value is -1.71. The number of aliphatic carboxylic acids is 1. The number of hydrogen-bond acceptors (Lipinski definition) is 3. The zero-order chi connectivity index (χ0) is 8.55. The van der Waals surface area contributed by atoms with Crippen molar-refractivity contribution in [2.75, 3.05) is 0 Å². The van der Waals surface area contributed by atoms with Crippen molar-refractivity contribution < 1.29 is 9.90 Å². The van der Waals surface area contributed by atoms with E-state index < -0.39 is 5.97 Å². The quantitative estimate of drug-likeness (QED) is 0.618. The van der Waals surface area contributed by atoms with Crippen LogP contribution in [0.15, 0.2) is 34.0 Å². The van der Waals surface area contributed by atoms with Gasteiger partial charge in [-0.1, -0.05) is 18.2 Å². The Morgan fingerprint density at radius 3 is 3.08 bits per heavy atom. The maximum atomic E-state index is 10.6. The number of nitrogens with zero attached hydrogens (tertiary/aromatic N) is 2. The Morgan fingerprint density at radius 1 is 1.50 bits per heavy atom. The fourth-order valence-electron chi connectivity index (χ4n) is 1.18. The van der Waals surface area contributed by atoms with Crippen molar-refractivity contribution in [2.24, 2.45) is 10.2 Å². The minimum absolute atomic E-state index is 0.0503. The van der Waals surface area contributed by atoms with Crippen molar-refractivity contribution in [1.29, 1.82) is 0 Å². The molecule has 1 aliphatic carbocycles. The van der Waals surface area contributed by atoms with E-state index in [1.54, 1.807) is 6.08 Å². The van der Waals surface area contributed by atoms with E-state index in [9.17, 15) is 4.79 Å². The molecule has 0 aromatic carbocycles. The van der Waals surface area contributed by atoms with Crippen LogP contribution in [0, 0.1) is 0 Å². The Balaban J connectivity index is 2.40. The van der Waals surface area contributed by atoms with E-state index in [2.05, 4.69) is 10.2 Å². The van der Waals surface area contributed by atoms with Crippen LogP contribution in [-0.2, 0) is 4.79 Å². The monoisotopic (exact) mass is 162 g/mol. The molecule has 0 fully saturated rings. The van der Waals surface area contributed by atoms with Gasteiger partial charge >= 0.3 is 5.97 Å². The van der Waals surface area contributed by atoms with Gasteiger partial charge in [0.1, 0.15) is 0 Å². The van der Waals surface area contributed by atoms with Crippen LogP contribution in [0.5, 0.6) is 0 Å². The average Bonchev–Trinajstić information content (AvgIpc) is 2.47. The Labute approximate surface area is 68.6 Å². The molecule has 0 atom stereocenters. The molecule has 2 rings (SSSR count). The molecule has 1 aliphatic heterocycles. The molecule has 0 radical (unpaired) electrons. The maximum absolute atomic E-state index is 10.6. The smallest absolute Gasteiger partial charge is 0.357 e. The first-order chi connectivity index (χ1) is 5.79. The van der Waals surface area contributed by atoms with Gasteiger partial charge in [0.2, 0.25) is 0 Å². The molecule has 12 heavy (non-hydrogen) atoms. The summed E-state index contributed by atoms with van der Waals surface area (Å²) < 4.78 is 0. The lowest BCUT2D eigenvalue weighted by molar-refractivity contribution is -0.129. The first-order valence-corrected chi connectivity index (χ1v) is 3.54. The van der Waals surface area contributed by atoms with Crippen LogP contribution in [0.25, 0.3) is 0 Å². The highest BCUT2D eigenvalue weighted by atomic mass is 16.4. The summed E-state index contributed by atoms with van der Waals surface area (Å²) >= 11 is 0. The van der Waals surface area contributed by atoms with E-state index in [0.717, 1.165) is 5.71 Å². The Bertz CT molecular complexity index is 361. The number of rotatable bonds is 1. The van der Waals surface area contributed by atoms with Gasteiger partial charge in [-0.3, -0.25) is 0 Å². The average molecular weight is 162 g/mol. The first kappa shape index (κ1) is 6.97. The lowest BCUT2D eigenvalue weighted by atomic mass is 9.99. The van der Waals surface area contributed by atoms with E-state index in [4.69, 9.17) is 5.11 Å². The molecule has 0 amide bonds. The Kier molecular flexibility index (Phi) is 1.40. The first-order valence-electron chi connectivity index (χ1n) is 3.54. The molecule has 0 aromatic heterocycles. The van der Waals surface area contributed by atoms with Gasteiger partial charge < -0.3 is 5.11 Å². The summed E-state index contributed by atoms with van der Waals surface area (Å²) in [7, 11) is 0. The minimum atomic E-state index is -1.02. The van der Waals surface area contributed by atoms with E-state index >= 15 is 0 Å². The van der Waals surface area contributed by atoms with Gasteiger partial charge in [0.25, 0.3) is 0 Å². The molecule has 0 saturated carbocycles. The van der Waals surface area contributed by atoms with Crippen molar-refractivity contribution in [3.8, 4) is 0 Å². The molecule has 0 unspecified atom stereocenters. The van der Waals surface area contributed by atoms with Crippen molar-refractivity contribution >= 4 is 17.4 Å². The molecule has 4 nitrogen and oxygen atoms in total. The van der Waals surface area contributed by atoms with Crippen LogP contribution in [0.4, 0.5) is 0 Å². The number of fused-ring (bicyclic) bond motifs is 1. The standard InChI is InChI=1S/C8H6N2O2/c11-8(12)7-5-3-1-2-4-6(5)9-10-7/h1-3H,4H2,(H,11,12). The second-order valence-electron chi connectivity index (χ2n) is 2.51. The van der Waals surface area contributed by atoms with Crippen LogP contribution >= 0.6 is 0 Å². The summed E-state index contributed by atoms with van der Waals surface area (Å²) in [6.45, 7) is 0. The summed E-state index contributed by atoms with van der Waals surface area (Å²) in [4.78, 5) is 10.6. The van der Waals surface area contributed by atoms with Crippen molar-refractivity contribution in [3.05, 3.63) is 23.8 Å². The van der Waals surface area contributed by atoms with Crippen LogP contribution in [0.2, 0.25) is 0 Å². The third-order valence-corrected chi connectivity index (χ3v) is 1.75. The number of hydrogen-bond donors (Lipinski definition) is 1. The van der Waals surface area contributed by atoms with Crippen LogP contribution in [0.3, 0.4) is 0 Å². The second kappa shape index (κ2) is 2.41. The number of allylic oxidation sites excluding steroid dienone is 3. The summed E-state index contributed by atoms with van der Waals surface area (Å²) in [6.07, 6.45) is 6.13. The van der Waals surface area contributed by atoms with E-state index in [1.165, 1.54) is 0 Å². The molecular formula is C8H6N2O2. The highest BCUT2D eigenvalue weighted by Crippen LogP contribution is 2.17. The van der Waals surface area contributed by atoms with Crippen LogP contribution in [-0.4, -0.2) is 22.5 Å². The summed E-state index contributed by atoms with van der Waals surface area (Å²) in [6, 6.07) is 0. The molecular weight excluding hydrogens is 156 g/mol. The van der Waals surface area contributed by atoms with Gasteiger partial charge in [0, 0.05) is 12.0 Å². The highest BCUT2D eigenvalue weighted by Gasteiger charge is 2.25. The van der Waals surface area contributed by atoms with Crippen molar-refractivity contribution in [3.63, 3.8) is 0 Å². The SMILES string of the molecule is O=C(O)C1=NN=C2CC=CC=C21. The fraction of sp³-hybridized carbons (Fsp3) is 0.125. The molecule has 0 bridgehead atoms. The second-order valence-corrected chi connectivity index (χ2v) is 2.51. The summed E-state index contributed by atoms with van der Waals surface area (Å²) in [5, 5.41) is 16.0. The van der Waals surface area contributed by atoms with Gasteiger partial charge in [0.15, 0.2) is 5.71 Å². The minimum Gasteiger partial charge on any atom is -0.476 e. The largest absolute Gasteiger partial charge is 0.476 e. The molecule has 0 saturated heterocycles. The van der Waals surface area contributed by atoms with Gasteiger partial charge in [-0.15, -0.1) is 5.10 Å². The van der Waals surface area contributed by atoms with E-state index in [0.29, 0.717) is 12.0 Å². The van der Waals surface area contributed by atoms with Crippen molar-refractivity contribution in [1.82, 2.24) is 0 Å². The molecule has 2 aliphatic rings. The molecule has 1 heterocycles. The summed E-state index contributed by atoms with van der Waals surface area (Å²) in [5.74, 6) is -1.02. The third-order valence-electron chi connectivity index (χ3n) is 1.75. The fourth-order valence-corrected chi connectivity index (χ4v) is 1.18. The van der Waals surface area contributed by atoms with E-state index in [-0.39, 0.29) is 5.71 Å². The zero-order valence-corrected chi connectivity index (χ0v) is 6.19. The summed E-state index contributed by atoms with van der Waals surface area (Å²) in [5.41, 5.74) is 1.44. The highest BCUT2D eigenvalue weighted by molar-refractivity contribution is 6.51. The molecule has 0 spiro atoms. The zero-order valence-electron chi connectivity index (χ0n) is 6.19.